The maximum atomic E-state index is 12.5. The number of nitrogens with one attached hydrogen (secondary N) is 1. The number of methoxy groups -OCH3 is 1. The van der Waals surface area contributed by atoms with Crippen LogP contribution in [0.3, 0.4) is 0 Å². The first-order chi connectivity index (χ1) is 11.9. The predicted molar refractivity (Wildman–Crippen MR) is 99.9 cm³/mol. The van der Waals surface area contributed by atoms with Gasteiger partial charge in [-0.1, -0.05) is 15.9 Å². The summed E-state index contributed by atoms with van der Waals surface area (Å²) < 4.78 is 5.54. The van der Waals surface area contributed by atoms with Crippen LogP contribution in [0.1, 0.15) is 13.3 Å². The van der Waals surface area contributed by atoms with Crippen LogP contribution in [0.5, 0.6) is 0 Å². The summed E-state index contributed by atoms with van der Waals surface area (Å²) in [6.07, 6.45) is -0.109. The number of hydrogen-bond donors (Lipinski definition) is 1. The quantitative estimate of drug-likeness (QED) is 0.550. The number of anilines is 1. The molecule has 1 aromatic carbocycles. The van der Waals surface area contributed by atoms with E-state index in [-0.39, 0.29) is 29.9 Å². The molecule has 134 valence electrons. The number of rotatable bonds is 6. The van der Waals surface area contributed by atoms with E-state index < -0.39 is 12.0 Å². The topological polar surface area (TPSA) is 79.0 Å². The Balaban J connectivity index is 2.11. The van der Waals surface area contributed by atoms with Gasteiger partial charge in [0, 0.05) is 16.7 Å². The maximum Gasteiger partial charge on any atom is 0.325 e. The van der Waals surface area contributed by atoms with Crippen LogP contribution in [0.4, 0.5) is 5.69 Å². The van der Waals surface area contributed by atoms with Crippen LogP contribution in [-0.2, 0) is 19.1 Å². The maximum absolute atomic E-state index is 12.5. The number of hydrogen-bond acceptors (Lipinski definition) is 5. The van der Waals surface area contributed by atoms with Crippen molar-refractivity contribution in [3.05, 3.63) is 28.7 Å². The molecule has 1 N–H and O–H groups in total. The lowest BCUT2D eigenvalue weighted by Crippen LogP contribution is -2.41. The van der Waals surface area contributed by atoms with Gasteiger partial charge in [0.1, 0.15) is 12.6 Å². The third-order valence-corrected chi connectivity index (χ3v) is 4.74. The molecule has 2 amide bonds. The van der Waals surface area contributed by atoms with Crippen molar-refractivity contribution in [2.75, 3.05) is 25.5 Å². The Bertz CT molecular complexity index is 695. The van der Waals surface area contributed by atoms with Crippen LogP contribution in [0.15, 0.2) is 28.7 Å². The van der Waals surface area contributed by atoms with Gasteiger partial charge in [-0.05, 0) is 43.4 Å². The van der Waals surface area contributed by atoms with Gasteiger partial charge in [0.2, 0.25) is 5.91 Å². The van der Waals surface area contributed by atoms with Gasteiger partial charge < -0.3 is 15.0 Å². The molecule has 1 aromatic rings. The Morgan fingerprint density at radius 2 is 1.96 bits per heavy atom. The summed E-state index contributed by atoms with van der Waals surface area (Å²) in [5, 5.41) is 2.97. The number of nitrogens with zero attached hydrogens (tertiary/aromatic N) is 2. The van der Waals surface area contributed by atoms with Crippen molar-refractivity contribution in [3.63, 3.8) is 0 Å². The SMILES string of the molecule is CCN1C(=O)C(CC(=O)Nc2ccc(Br)cc2)N(CC(=O)OC)C1=S. The van der Waals surface area contributed by atoms with E-state index in [9.17, 15) is 14.4 Å². The number of carbonyl (C=O) groups is 3. The van der Waals surface area contributed by atoms with Crippen LogP contribution in [0, 0.1) is 0 Å². The molecule has 0 bridgehead atoms. The summed E-state index contributed by atoms with van der Waals surface area (Å²) in [5.74, 6) is -1.15. The van der Waals surface area contributed by atoms with E-state index in [1.807, 2.05) is 0 Å². The lowest BCUT2D eigenvalue weighted by atomic mass is 10.1. The van der Waals surface area contributed by atoms with Crippen LogP contribution in [-0.4, -0.2) is 58.9 Å². The standard InChI is InChI=1S/C16H18BrN3O4S/c1-3-19-15(23)12(20(16(19)25)9-14(22)24-2)8-13(21)18-11-6-4-10(17)5-7-11/h4-7,12H,3,8-9H2,1-2H3,(H,18,21). The van der Waals surface area contributed by atoms with Gasteiger partial charge in [-0.2, -0.15) is 0 Å². The highest BCUT2D eigenvalue weighted by atomic mass is 79.9. The number of benzene rings is 1. The average Bonchev–Trinajstić information content (AvgIpc) is 2.80. The van der Waals surface area contributed by atoms with Gasteiger partial charge in [-0.25, -0.2) is 0 Å². The molecule has 0 saturated carbocycles. The fourth-order valence-electron chi connectivity index (χ4n) is 2.49. The normalized spacial score (nSPS) is 17.0. The van der Waals surface area contributed by atoms with Gasteiger partial charge in [-0.3, -0.25) is 19.3 Å². The molecule has 0 aliphatic carbocycles. The van der Waals surface area contributed by atoms with Crippen molar-refractivity contribution in [2.45, 2.75) is 19.4 Å². The van der Waals surface area contributed by atoms with Crippen molar-refractivity contribution in [1.29, 1.82) is 0 Å². The second kappa shape index (κ2) is 8.39. The lowest BCUT2D eigenvalue weighted by Gasteiger charge is -2.22. The van der Waals surface area contributed by atoms with Crippen molar-refractivity contribution >= 4 is 56.7 Å². The first-order valence-corrected chi connectivity index (χ1v) is 8.81. The Morgan fingerprint density at radius 3 is 2.52 bits per heavy atom. The molecule has 9 heteroatoms. The second-order valence-electron chi connectivity index (χ2n) is 5.34. The molecule has 0 aromatic heterocycles. The number of likely N-dealkylation sites (N-methyl/N-ethyl adjacent to an activating group) is 1. The third kappa shape index (κ3) is 4.55. The number of ether oxygens (including phenoxy) is 1. The number of carbonyl (C=O) groups excluding carboxylic acids is 3. The van der Waals surface area contributed by atoms with Gasteiger partial charge >= 0.3 is 5.97 Å². The van der Waals surface area contributed by atoms with E-state index in [0.29, 0.717) is 12.2 Å². The summed E-state index contributed by atoms with van der Waals surface area (Å²) >= 11 is 8.59. The van der Waals surface area contributed by atoms with Gasteiger partial charge in [-0.15, -0.1) is 0 Å². The highest BCUT2D eigenvalue weighted by Crippen LogP contribution is 2.21. The summed E-state index contributed by atoms with van der Waals surface area (Å²) in [5.41, 5.74) is 0.619. The summed E-state index contributed by atoms with van der Waals surface area (Å²) in [6.45, 7) is 1.98. The van der Waals surface area contributed by atoms with Crippen LogP contribution < -0.4 is 5.32 Å². The Morgan fingerprint density at radius 1 is 1.32 bits per heavy atom. The molecule has 0 radical (unpaired) electrons. The second-order valence-corrected chi connectivity index (χ2v) is 6.62. The Hall–Kier alpha value is -2.00. The molecule has 0 spiro atoms. The molecule has 1 atom stereocenters. The van der Waals surface area contributed by atoms with Gasteiger partial charge in [0.15, 0.2) is 5.11 Å². The van der Waals surface area contributed by atoms with E-state index in [1.165, 1.54) is 16.9 Å². The smallest absolute Gasteiger partial charge is 0.325 e. The number of esters is 1. The molecular weight excluding hydrogens is 410 g/mol. The summed E-state index contributed by atoms with van der Waals surface area (Å²) in [6, 6.07) is 6.27. The highest BCUT2D eigenvalue weighted by molar-refractivity contribution is 9.10. The largest absolute Gasteiger partial charge is 0.468 e. The fraction of sp³-hybridized carbons (Fsp3) is 0.375. The van der Waals surface area contributed by atoms with Gasteiger partial charge in [0.05, 0.1) is 13.5 Å². The molecule has 1 unspecified atom stereocenters. The Labute approximate surface area is 159 Å². The molecule has 2 rings (SSSR count). The number of amides is 2. The van der Waals surface area contributed by atoms with E-state index in [4.69, 9.17) is 12.2 Å². The minimum absolute atomic E-state index is 0.109. The zero-order chi connectivity index (χ0) is 18.6. The zero-order valence-electron chi connectivity index (χ0n) is 13.8. The summed E-state index contributed by atoms with van der Waals surface area (Å²) in [7, 11) is 1.26. The average molecular weight is 428 g/mol. The predicted octanol–water partition coefficient (Wildman–Crippen LogP) is 1.77. The molecule has 1 saturated heterocycles. The molecule has 1 heterocycles. The molecule has 25 heavy (non-hydrogen) atoms. The molecule has 1 fully saturated rings. The Kier molecular flexibility index (Phi) is 6.49. The van der Waals surface area contributed by atoms with E-state index >= 15 is 0 Å². The summed E-state index contributed by atoms with van der Waals surface area (Å²) in [4.78, 5) is 39.3. The monoisotopic (exact) mass is 427 g/mol. The van der Waals surface area contributed by atoms with Crippen molar-refractivity contribution in [1.82, 2.24) is 9.80 Å². The molecule has 7 nitrogen and oxygen atoms in total. The first kappa shape index (κ1) is 19.3. The van der Waals surface area contributed by atoms with Crippen molar-refractivity contribution in [2.24, 2.45) is 0 Å². The van der Waals surface area contributed by atoms with E-state index in [0.717, 1.165) is 4.47 Å². The fourth-order valence-corrected chi connectivity index (χ4v) is 3.16. The molecule has 1 aliphatic heterocycles. The van der Waals surface area contributed by atoms with Gasteiger partial charge in [0.25, 0.3) is 5.91 Å². The van der Waals surface area contributed by atoms with Crippen molar-refractivity contribution in [3.8, 4) is 0 Å². The minimum atomic E-state index is -0.818. The van der Waals surface area contributed by atoms with E-state index in [1.54, 1.807) is 31.2 Å². The number of thiocarbonyl (C=S) groups is 1. The van der Waals surface area contributed by atoms with Crippen LogP contribution >= 0.6 is 28.1 Å². The first-order valence-electron chi connectivity index (χ1n) is 7.61. The van der Waals surface area contributed by atoms with Crippen LogP contribution in [0.25, 0.3) is 0 Å². The lowest BCUT2D eigenvalue weighted by molar-refractivity contribution is -0.141. The third-order valence-electron chi connectivity index (χ3n) is 3.75. The van der Waals surface area contributed by atoms with Crippen LogP contribution in [0.2, 0.25) is 0 Å². The van der Waals surface area contributed by atoms with Crippen molar-refractivity contribution < 1.29 is 19.1 Å². The minimum Gasteiger partial charge on any atom is -0.468 e. The highest BCUT2D eigenvalue weighted by Gasteiger charge is 2.43. The molecule has 1 aliphatic rings. The zero-order valence-corrected chi connectivity index (χ0v) is 16.2. The molecular formula is C16H18BrN3O4S. The van der Waals surface area contributed by atoms with E-state index in [2.05, 4.69) is 26.0 Å². The number of halogens is 1.